The van der Waals surface area contributed by atoms with Gasteiger partial charge in [-0.25, -0.2) is 4.98 Å². The molecule has 0 unspecified atom stereocenters. The van der Waals surface area contributed by atoms with Crippen LogP contribution in [0.1, 0.15) is 23.1 Å². The number of aryl methyl sites for hydroxylation is 2. The maximum atomic E-state index is 13.1. The molecular weight excluding hydrogens is 412 g/mol. The first-order valence-corrected chi connectivity index (χ1v) is 10.8. The minimum absolute atomic E-state index is 0.00513. The normalized spacial score (nSPS) is 11.5. The third-order valence-corrected chi connectivity index (χ3v) is 5.83. The fourth-order valence-electron chi connectivity index (χ4n) is 3.32. The molecule has 2 aromatic carbocycles. The lowest BCUT2D eigenvalue weighted by atomic mass is 10.1. The number of rotatable bonds is 8. The Morgan fingerprint density at radius 1 is 1.19 bits per heavy atom. The van der Waals surface area contributed by atoms with E-state index in [1.54, 1.807) is 23.1 Å². The van der Waals surface area contributed by atoms with Gasteiger partial charge in [0.1, 0.15) is 0 Å². The van der Waals surface area contributed by atoms with Gasteiger partial charge in [-0.05, 0) is 69.7 Å². The monoisotopic (exact) mass is 438 g/mol. The van der Waals surface area contributed by atoms with Gasteiger partial charge in [-0.3, -0.25) is 19.8 Å². The van der Waals surface area contributed by atoms with Crippen LogP contribution in [0.15, 0.2) is 42.5 Å². The maximum Gasteiger partial charge on any atom is 0.270 e. The molecule has 0 atom stereocenters. The van der Waals surface area contributed by atoms with E-state index in [1.807, 2.05) is 27.9 Å². The topological polar surface area (TPSA) is 79.6 Å². The van der Waals surface area contributed by atoms with E-state index in [4.69, 9.17) is 4.98 Å². The SMILES string of the molecule is Cc1cc(C)c2nc(N(CCCN(C)C)C(=O)C=Cc3cccc([N+](=O)[O-])c3)sc2c1. The fraction of sp³-hybridized carbons (Fsp3) is 0.304. The Morgan fingerprint density at radius 3 is 2.68 bits per heavy atom. The van der Waals surface area contributed by atoms with Gasteiger partial charge in [-0.15, -0.1) is 0 Å². The lowest BCUT2D eigenvalue weighted by molar-refractivity contribution is -0.384. The highest BCUT2D eigenvalue weighted by Crippen LogP contribution is 2.32. The van der Waals surface area contributed by atoms with E-state index in [0.717, 1.165) is 34.3 Å². The Kier molecular flexibility index (Phi) is 7.14. The number of carbonyl (C=O) groups excluding carboxylic acids is 1. The largest absolute Gasteiger partial charge is 0.309 e. The average molecular weight is 439 g/mol. The van der Waals surface area contributed by atoms with Crippen molar-refractivity contribution in [1.29, 1.82) is 0 Å². The van der Waals surface area contributed by atoms with Crippen LogP contribution in [0.2, 0.25) is 0 Å². The molecule has 162 valence electrons. The second kappa shape index (κ2) is 9.80. The Bertz CT molecular complexity index is 1140. The summed E-state index contributed by atoms with van der Waals surface area (Å²) < 4.78 is 1.06. The molecule has 0 aliphatic carbocycles. The van der Waals surface area contributed by atoms with E-state index in [-0.39, 0.29) is 11.6 Å². The Hall–Kier alpha value is -3.10. The van der Waals surface area contributed by atoms with Crippen molar-refractivity contribution in [3.63, 3.8) is 0 Å². The van der Waals surface area contributed by atoms with Gasteiger partial charge in [0.25, 0.3) is 11.6 Å². The maximum absolute atomic E-state index is 13.1. The zero-order valence-electron chi connectivity index (χ0n) is 18.2. The lowest BCUT2D eigenvalue weighted by Gasteiger charge is -2.19. The summed E-state index contributed by atoms with van der Waals surface area (Å²) in [7, 11) is 4.00. The number of benzene rings is 2. The number of amides is 1. The predicted octanol–water partition coefficient (Wildman–Crippen LogP) is 4.82. The van der Waals surface area contributed by atoms with E-state index >= 15 is 0 Å². The zero-order valence-corrected chi connectivity index (χ0v) is 19.0. The summed E-state index contributed by atoms with van der Waals surface area (Å²) in [5.41, 5.74) is 3.77. The van der Waals surface area contributed by atoms with Crippen LogP contribution in [-0.2, 0) is 4.79 Å². The second-order valence-corrected chi connectivity index (χ2v) is 8.77. The number of thiazole rings is 1. The Labute approximate surface area is 185 Å². The summed E-state index contributed by atoms with van der Waals surface area (Å²) in [6.45, 7) is 5.46. The molecule has 8 heteroatoms. The van der Waals surface area contributed by atoms with Gasteiger partial charge in [0, 0.05) is 24.8 Å². The van der Waals surface area contributed by atoms with Crippen LogP contribution in [0.25, 0.3) is 16.3 Å². The first kappa shape index (κ1) is 22.6. The van der Waals surface area contributed by atoms with Crippen molar-refractivity contribution < 1.29 is 9.72 Å². The van der Waals surface area contributed by atoms with Crippen LogP contribution in [0.5, 0.6) is 0 Å². The second-order valence-electron chi connectivity index (χ2n) is 7.76. The molecular formula is C23H26N4O3S. The molecule has 0 fully saturated rings. The molecule has 3 rings (SSSR count). The Balaban J connectivity index is 1.89. The smallest absolute Gasteiger partial charge is 0.270 e. The quantitative estimate of drug-likeness (QED) is 0.286. The van der Waals surface area contributed by atoms with E-state index in [0.29, 0.717) is 17.2 Å². The molecule has 7 nitrogen and oxygen atoms in total. The number of hydrogen-bond donors (Lipinski definition) is 0. The number of carbonyl (C=O) groups is 1. The number of anilines is 1. The molecule has 0 aliphatic heterocycles. The number of non-ortho nitro benzene ring substituents is 1. The van der Waals surface area contributed by atoms with Gasteiger partial charge in [-0.1, -0.05) is 29.5 Å². The third-order valence-electron chi connectivity index (χ3n) is 4.80. The van der Waals surface area contributed by atoms with E-state index in [9.17, 15) is 14.9 Å². The van der Waals surface area contributed by atoms with Crippen molar-refractivity contribution in [2.45, 2.75) is 20.3 Å². The lowest BCUT2D eigenvalue weighted by Crippen LogP contribution is -2.32. The van der Waals surface area contributed by atoms with Crippen LogP contribution in [0.4, 0.5) is 10.8 Å². The summed E-state index contributed by atoms with van der Waals surface area (Å²) in [4.78, 5) is 32.2. The van der Waals surface area contributed by atoms with Crippen molar-refractivity contribution in [2.24, 2.45) is 0 Å². The average Bonchev–Trinajstić information content (AvgIpc) is 3.13. The van der Waals surface area contributed by atoms with Crippen LogP contribution in [0, 0.1) is 24.0 Å². The summed E-state index contributed by atoms with van der Waals surface area (Å²) in [5.74, 6) is -0.196. The van der Waals surface area contributed by atoms with Crippen LogP contribution >= 0.6 is 11.3 Å². The molecule has 0 N–H and O–H groups in total. The van der Waals surface area contributed by atoms with Crippen molar-refractivity contribution >= 4 is 44.4 Å². The third kappa shape index (κ3) is 5.74. The van der Waals surface area contributed by atoms with Crippen LogP contribution in [0.3, 0.4) is 0 Å². The van der Waals surface area contributed by atoms with Crippen LogP contribution in [-0.4, -0.2) is 47.9 Å². The number of nitro benzene ring substituents is 1. The van der Waals surface area contributed by atoms with E-state index in [1.165, 1.54) is 29.5 Å². The first-order chi connectivity index (χ1) is 14.7. The highest BCUT2D eigenvalue weighted by molar-refractivity contribution is 7.22. The molecule has 0 saturated heterocycles. The van der Waals surface area contributed by atoms with Gasteiger partial charge in [-0.2, -0.15) is 0 Å². The highest BCUT2D eigenvalue weighted by Gasteiger charge is 2.19. The van der Waals surface area contributed by atoms with Crippen molar-refractivity contribution in [1.82, 2.24) is 9.88 Å². The zero-order chi connectivity index (χ0) is 22.5. The number of fused-ring (bicyclic) bond motifs is 1. The summed E-state index contributed by atoms with van der Waals surface area (Å²) in [6.07, 6.45) is 3.87. The summed E-state index contributed by atoms with van der Waals surface area (Å²) in [6, 6.07) is 10.4. The summed E-state index contributed by atoms with van der Waals surface area (Å²) in [5, 5.41) is 11.7. The van der Waals surface area contributed by atoms with Crippen molar-refractivity contribution in [2.75, 3.05) is 32.1 Å². The van der Waals surface area contributed by atoms with Gasteiger partial charge >= 0.3 is 0 Å². The molecule has 3 aromatic rings. The van der Waals surface area contributed by atoms with E-state index in [2.05, 4.69) is 17.0 Å². The predicted molar refractivity (Wildman–Crippen MR) is 127 cm³/mol. The standard InChI is InChI=1S/C23H26N4O3S/c1-16-13-17(2)22-20(14-16)31-23(24-22)26(12-6-11-25(3)4)21(28)10-9-18-7-5-8-19(15-18)27(29)30/h5,7-10,13-15H,6,11-12H2,1-4H3. The van der Waals surface area contributed by atoms with Gasteiger partial charge in [0.2, 0.25) is 0 Å². The molecule has 0 bridgehead atoms. The molecule has 0 aliphatic rings. The highest BCUT2D eigenvalue weighted by atomic mass is 32.1. The van der Waals surface area contributed by atoms with Crippen LogP contribution < -0.4 is 4.90 Å². The molecule has 1 amide bonds. The van der Waals surface area contributed by atoms with E-state index < -0.39 is 4.92 Å². The van der Waals surface area contributed by atoms with Gasteiger partial charge in [0.05, 0.1) is 15.1 Å². The number of nitrogens with zero attached hydrogens (tertiary/aromatic N) is 4. The first-order valence-electron chi connectivity index (χ1n) is 10.0. The molecule has 31 heavy (non-hydrogen) atoms. The molecule has 1 heterocycles. The summed E-state index contributed by atoms with van der Waals surface area (Å²) >= 11 is 1.51. The minimum atomic E-state index is -0.446. The molecule has 0 saturated carbocycles. The van der Waals surface area contributed by atoms with Crippen molar-refractivity contribution in [3.8, 4) is 0 Å². The number of aromatic nitrogens is 1. The Morgan fingerprint density at radius 2 is 1.97 bits per heavy atom. The minimum Gasteiger partial charge on any atom is -0.309 e. The molecule has 0 radical (unpaired) electrons. The molecule has 0 spiro atoms. The molecule has 1 aromatic heterocycles. The van der Waals surface area contributed by atoms with Gasteiger partial charge in [0.15, 0.2) is 5.13 Å². The number of hydrogen-bond acceptors (Lipinski definition) is 6. The van der Waals surface area contributed by atoms with Gasteiger partial charge < -0.3 is 4.90 Å². The fourth-order valence-corrected chi connectivity index (χ4v) is 4.49. The number of nitro groups is 1. The van der Waals surface area contributed by atoms with Crippen molar-refractivity contribution in [3.05, 3.63) is 69.3 Å².